The van der Waals surface area contributed by atoms with Crippen LogP contribution in [-0.2, 0) is 24.0 Å². The summed E-state index contributed by atoms with van der Waals surface area (Å²) in [4.78, 5) is 50.6. The smallest absolute Gasteiger partial charge is 0.333 e. The Morgan fingerprint density at radius 1 is 1.00 bits per heavy atom. The van der Waals surface area contributed by atoms with Crippen LogP contribution in [0.3, 0.4) is 0 Å². The predicted octanol–water partition coefficient (Wildman–Crippen LogP) is -3.29. The third-order valence-electron chi connectivity index (χ3n) is 4.08. The van der Waals surface area contributed by atoms with Gasteiger partial charge in [-0.1, -0.05) is 6.42 Å². The van der Waals surface area contributed by atoms with E-state index >= 15 is 0 Å². The first kappa shape index (κ1) is 23.9. The Kier molecular flexibility index (Phi) is 9.96. The molecule has 4 atom stereocenters. The van der Waals surface area contributed by atoms with Gasteiger partial charge in [0.2, 0.25) is 0 Å². The monoisotopic (exact) mass is 406 g/mol. The second-order valence-electron chi connectivity index (χ2n) is 6.32. The minimum atomic E-state index is -2.00. The molecule has 3 amide bonds. The predicted molar refractivity (Wildman–Crippen MR) is 89.8 cm³/mol. The van der Waals surface area contributed by atoms with Crippen LogP contribution in [0, 0.1) is 0 Å². The highest BCUT2D eigenvalue weighted by molar-refractivity contribution is 6.01. The molecule has 1 aliphatic heterocycles. The summed E-state index contributed by atoms with van der Waals surface area (Å²) in [6.07, 6.45) is -6.29. The van der Waals surface area contributed by atoms with Crippen molar-refractivity contribution in [2.24, 2.45) is 0 Å². The number of carbonyl (C=O) groups is 4. The first-order chi connectivity index (χ1) is 13.2. The minimum absolute atomic E-state index is 0.0162. The van der Waals surface area contributed by atoms with Crippen LogP contribution in [0.2, 0.25) is 0 Å². The Morgan fingerprint density at radius 2 is 1.61 bits per heavy atom. The third-order valence-corrected chi connectivity index (χ3v) is 4.08. The van der Waals surface area contributed by atoms with Gasteiger partial charge in [-0.15, -0.1) is 5.06 Å². The van der Waals surface area contributed by atoms with Crippen molar-refractivity contribution in [2.45, 2.75) is 62.9 Å². The number of carbonyl (C=O) groups excluding carboxylic acids is 4. The lowest BCUT2D eigenvalue weighted by atomic mass is 10.0. The van der Waals surface area contributed by atoms with Gasteiger partial charge in [0, 0.05) is 25.8 Å². The van der Waals surface area contributed by atoms with Crippen molar-refractivity contribution in [1.82, 2.24) is 10.4 Å². The van der Waals surface area contributed by atoms with E-state index in [2.05, 4.69) is 5.32 Å². The molecule has 0 aliphatic carbocycles. The molecule has 0 aromatic rings. The number of aliphatic hydroxyl groups excluding tert-OH is 5. The molecule has 1 saturated heterocycles. The first-order valence-corrected chi connectivity index (χ1v) is 8.86. The highest BCUT2D eigenvalue weighted by atomic mass is 16.7. The summed E-state index contributed by atoms with van der Waals surface area (Å²) in [6, 6.07) is 0. The number of nitrogens with one attached hydrogen (secondary N) is 1. The van der Waals surface area contributed by atoms with E-state index in [1.165, 1.54) is 0 Å². The quantitative estimate of drug-likeness (QED) is 0.141. The number of hydroxylamine groups is 2. The molecule has 1 heterocycles. The van der Waals surface area contributed by atoms with Gasteiger partial charge in [0.05, 0.1) is 6.61 Å². The largest absolute Gasteiger partial charge is 0.394 e. The van der Waals surface area contributed by atoms with Crippen LogP contribution in [0.5, 0.6) is 0 Å². The van der Waals surface area contributed by atoms with Crippen LogP contribution in [0.1, 0.15) is 38.5 Å². The SMILES string of the molecule is O=C(CCCCCNC(=O)C(O)C(O)C(O)C(O)CO)ON1C(=O)CCC1=O. The average Bonchev–Trinajstić information content (AvgIpc) is 2.99. The lowest BCUT2D eigenvalue weighted by Crippen LogP contribution is -2.51. The topological polar surface area (TPSA) is 194 Å². The second-order valence-corrected chi connectivity index (χ2v) is 6.32. The van der Waals surface area contributed by atoms with Gasteiger partial charge >= 0.3 is 5.97 Å². The van der Waals surface area contributed by atoms with Gasteiger partial charge in [0.1, 0.15) is 18.3 Å². The second kappa shape index (κ2) is 11.7. The summed E-state index contributed by atoms with van der Waals surface area (Å²) in [5.74, 6) is -2.80. The number of nitrogens with zero attached hydrogens (tertiary/aromatic N) is 1. The van der Waals surface area contributed by atoms with E-state index in [0.29, 0.717) is 24.3 Å². The summed E-state index contributed by atoms with van der Waals surface area (Å²) in [6.45, 7) is -0.742. The molecule has 0 bridgehead atoms. The molecule has 1 aliphatic rings. The highest BCUT2D eigenvalue weighted by Gasteiger charge is 2.34. The number of aliphatic hydroxyl groups is 5. The molecule has 28 heavy (non-hydrogen) atoms. The number of hydrogen-bond acceptors (Lipinski definition) is 10. The molecule has 4 unspecified atom stereocenters. The van der Waals surface area contributed by atoms with Crippen molar-refractivity contribution < 1.29 is 49.5 Å². The summed E-state index contributed by atoms with van der Waals surface area (Å²) in [7, 11) is 0. The zero-order chi connectivity index (χ0) is 21.3. The molecule has 12 heteroatoms. The third kappa shape index (κ3) is 7.13. The number of unbranched alkanes of at least 4 members (excludes halogenated alkanes) is 2. The van der Waals surface area contributed by atoms with Crippen LogP contribution in [0.4, 0.5) is 0 Å². The first-order valence-electron chi connectivity index (χ1n) is 8.86. The molecule has 0 spiro atoms. The molecule has 1 fully saturated rings. The fraction of sp³-hybridized carbons (Fsp3) is 0.750. The maximum atomic E-state index is 11.7. The molecular formula is C16H26N2O10. The van der Waals surface area contributed by atoms with E-state index in [0.717, 1.165) is 0 Å². The minimum Gasteiger partial charge on any atom is -0.394 e. The van der Waals surface area contributed by atoms with Crippen LogP contribution in [0.25, 0.3) is 0 Å². The molecule has 6 N–H and O–H groups in total. The van der Waals surface area contributed by atoms with Crippen LogP contribution in [-0.4, -0.2) is 91.9 Å². The number of rotatable bonds is 12. The van der Waals surface area contributed by atoms with Crippen molar-refractivity contribution in [1.29, 1.82) is 0 Å². The van der Waals surface area contributed by atoms with Crippen molar-refractivity contribution in [3.05, 3.63) is 0 Å². The maximum absolute atomic E-state index is 11.7. The lowest BCUT2D eigenvalue weighted by Gasteiger charge is -2.24. The summed E-state index contributed by atoms with van der Waals surface area (Å²) in [5.41, 5.74) is 0. The summed E-state index contributed by atoms with van der Waals surface area (Å²) in [5, 5.41) is 49.3. The van der Waals surface area contributed by atoms with E-state index in [-0.39, 0.29) is 25.8 Å². The fourth-order valence-electron chi connectivity index (χ4n) is 2.37. The number of hydrogen-bond donors (Lipinski definition) is 6. The molecule has 0 saturated carbocycles. The molecule has 160 valence electrons. The highest BCUT2D eigenvalue weighted by Crippen LogP contribution is 2.13. The fourth-order valence-corrected chi connectivity index (χ4v) is 2.37. The van der Waals surface area contributed by atoms with Crippen molar-refractivity contribution in [2.75, 3.05) is 13.2 Å². The van der Waals surface area contributed by atoms with Crippen molar-refractivity contribution in [3.8, 4) is 0 Å². The molecule has 12 nitrogen and oxygen atoms in total. The van der Waals surface area contributed by atoms with Crippen LogP contribution < -0.4 is 5.32 Å². The van der Waals surface area contributed by atoms with Gasteiger partial charge in [-0.25, -0.2) is 4.79 Å². The molecule has 1 rings (SSSR count). The molecular weight excluding hydrogens is 380 g/mol. The maximum Gasteiger partial charge on any atom is 0.333 e. The van der Waals surface area contributed by atoms with E-state index < -0.39 is 54.7 Å². The molecule has 0 radical (unpaired) electrons. The number of imide groups is 1. The van der Waals surface area contributed by atoms with E-state index in [9.17, 15) is 39.6 Å². The van der Waals surface area contributed by atoms with Gasteiger partial charge in [0.25, 0.3) is 17.7 Å². The van der Waals surface area contributed by atoms with E-state index in [1.807, 2.05) is 0 Å². The Morgan fingerprint density at radius 3 is 2.18 bits per heavy atom. The normalized spacial score (nSPS) is 18.5. The molecule has 0 aromatic heterocycles. The average molecular weight is 406 g/mol. The lowest BCUT2D eigenvalue weighted by molar-refractivity contribution is -0.197. The van der Waals surface area contributed by atoms with Crippen LogP contribution in [0.15, 0.2) is 0 Å². The summed E-state index contributed by atoms with van der Waals surface area (Å²) >= 11 is 0. The Bertz CT molecular complexity index is 554. The van der Waals surface area contributed by atoms with Gasteiger partial charge in [0.15, 0.2) is 6.10 Å². The van der Waals surface area contributed by atoms with Crippen LogP contribution >= 0.6 is 0 Å². The molecule has 0 aromatic carbocycles. The van der Waals surface area contributed by atoms with E-state index in [4.69, 9.17) is 9.94 Å². The Labute approximate surface area is 160 Å². The zero-order valence-corrected chi connectivity index (χ0v) is 15.2. The van der Waals surface area contributed by atoms with Gasteiger partial charge in [-0.2, -0.15) is 0 Å². The van der Waals surface area contributed by atoms with E-state index in [1.54, 1.807) is 0 Å². The standard InChI is InChI=1S/C16H26N2O10/c19-8-9(20)13(24)14(25)15(26)16(27)17-7-3-1-2-4-12(23)28-18-10(21)5-6-11(18)22/h9,13-15,19-20,24-26H,1-8H2,(H,17,27). The van der Waals surface area contributed by atoms with Gasteiger partial charge < -0.3 is 35.7 Å². The summed E-state index contributed by atoms with van der Waals surface area (Å²) < 4.78 is 0. The Balaban J connectivity index is 2.17. The van der Waals surface area contributed by atoms with Gasteiger partial charge in [-0.05, 0) is 12.8 Å². The van der Waals surface area contributed by atoms with Crippen molar-refractivity contribution >= 4 is 23.7 Å². The van der Waals surface area contributed by atoms with Gasteiger partial charge in [-0.3, -0.25) is 14.4 Å². The Hall–Kier alpha value is -2.12. The zero-order valence-electron chi connectivity index (χ0n) is 15.2. The number of amides is 3. The van der Waals surface area contributed by atoms with Crippen molar-refractivity contribution in [3.63, 3.8) is 0 Å².